The number of urea groups is 1. The number of piperidine rings is 1. The third-order valence-corrected chi connectivity index (χ3v) is 5.93. The van der Waals surface area contributed by atoms with Crippen molar-refractivity contribution in [2.45, 2.75) is 51.5 Å². The monoisotopic (exact) mass is 487 g/mol. The van der Waals surface area contributed by atoms with Gasteiger partial charge in [-0.1, -0.05) is 0 Å². The zero-order valence-corrected chi connectivity index (χ0v) is 18.4. The number of alkyl halides is 6. The van der Waals surface area contributed by atoms with Crippen LogP contribution in [0.2, 0.25) is 0 Å². The molecule has 2 aliphatic rings. The first-order valence-electron chi connectivity index (χ1n) is 10.9. The molecule has 34 heavy (non-hydrogen) atoms. The Balaban J connectivity index is 1.58. The average molecular weight is 487 g/mol. The molecule has 0 aliphatic carbocycles. The lowest BCUT2D eigenvalue weighted by molar-refractivity contribution is -0.143. The highest BCUT2D eigenvalue weighted by Crippen LogP contribution is 2.38. The highest BCUT2D eigenvalue weighted by Gasteiger charge is 2.37. The maximum Gasteiger partial charge on any atom is 0.416 e. The smallest absolute Gasteiger partial charge is 0.356 e. The van der Waals surface area contributed by atoms with Gasteiger partial charge in [-0.15, -0.1) is 0 Å². The second-order valence-electron chi connectivity index (χ2n) is 8.46. The quantitative estimate of drug-likeness (QED) is 0.576. The van der Waals surface area contributed by atoms with Crippen molar-refractivity contribution in [3.63, 3.8) is 0 Å². The maximum absolute atomic E-state index is 13.1. The van der Waals surface area contributed by atoms with E-state index in [4.69, 9.17) is 0 Å². The van der Waals surface area contributed by atoms with Gasteiger partial charge in [0, 0.05) is 37.3 Å². The van der Waals surface area contributed by atoms with Gasteiger partial charge in [-0.2, -0.15) is 26.3 Å². The van der Waals surface area contributed by atoms with Crippen molar-refractivity contribution in [1.82, 2.24) is 14.9 Å². The Hall–Kier alpha value is -3.05. The minimum Gasteiger partial charge on any atom is -0.356 e. The summed E-state index contributed by atoms with van der Waals surface area (Å²) in [6.07, 6.45) is -6.44. The first kappa shape index (κ1) is 24.1. The minimum atomic E-state index is -5.00. The number of amides is 2. The van der Waals surface area contributed by atoms with E-state index < -0.39 is 35.2 Å². The van der Waals surface area contributed by atoms with Crippen LogP contribution in [0.25, 0.3) is 0 Å². The Morgan fingerprint density at radius 1 is 0.912 bits per heavy atom. The third-order valence-electron chi connectivity index (χ3n) is 5.93. The predicted octanol–water partition coefficient (Wildman–Crippen LogP) is 5.40. The molecule has 2 aliphatic heterocycles. The van der Waals surface area contributed by atoms with Crippen molar-refractivity contribution in [3.8, 4) is 0 Å². The molecule has 0 radical (unpaired) electrons. The Bertz CT molecular complexity index is 1050. The molecule has 6 nitrogen and oxygen atoms in total. The molecule has 1 N–H and O–H groups in total. The van der Waals surface area contributed by atoms with Gasteiger partial charge in [0.2, 0.25) is 0 Å². The van der Waals surface area contributed by atoms with Crippen molar-refractivity contribution in [3.05, 3.63) is 46.4 Å². The lowest BCUT2D eigenvalue weighted by Crippen LogP contribution is -2.41. The molecule has 2 amide bonds. The number of anilines is 2. The van der Waals surface area contributed by atoms with Gasteiger partial charge < -0.3 is 15.1 Å². The highest BCUT2D eigenvalue weighted by atomic mass is 19.4. The first-order valence-corrected chi connectivity index (χ1v) is 10.9. The van der Waals surface area contributed by atoms with Gasteiger partial charge in [0.25, 0.3) is 0 Å². The highest BCUT2D eigenvalue weighted by molar-refractivity contribution is 5.90. The van der Waals surface area contributed by atoms with E-state index in [1.54, 1.807) is 6.92 Å². The number of carbonyl (C=O) groups excluding carboxylic acids is 1. The summed E-state index contributed by atoms with van der Waals surface area (Å²) >= 11 is 0. The summed E-state index contributed by atoms with van der Waals surface area (Å²) in [5.41, 5.74) is -1.99. The molecule has 184 valence electrons. The van der Waals surface area contributed by atoms with Crippen LogP contribution in [0.5, 0.6) is 0 Å². The van der Waals surface area contributed by atoms with Crippen LogP contribution in [0.4, 0.5) is 42.6 Å². The molecule has 1 aromatic heterocycles. The number of carbonyl (C=O) groups is 1. The van der Waals surface area contributed by atoms with Crippen molar-refractivity contribution < 1.29 is 31.1 Å². The fourth-order valence-electron chi connectivity index (χ4n) is 4.29. The SMILES string of the molecule is Cc1nc2c(c(N3CCCCC3)n1)CN(C(=O)Nc1cc(C(F)(F)F)cc(C(F)(F)F)c1)CC2. The summed E-state index contributed by atoms with van der Waals surface area (Å²) in [6, 6.07) is 0.230. The van der Waals surface area contributed by atoms with E-state index in [-0.39, 0.29) is 19.2 Å². The lowest BCUT2D eigenvalue weighted by Gasteiger charge is -2.34. The number of aromatic nitrogens is 2. The summed E-state index contributed by atoms with van der Waals surface area (Å²) in [6.45, 7) is 3.76. The van der Waals surface area contributed by atoms with Gasteiger partial charge in [-0.25, -0.2) is 14.8 Å². The van der Waals surface area contributed by atoms with Gasteiger partial charge in [0.15, 0.2) is 0 Å². The van der Waals surface area contributed by atoms with Crippen LogP contribution in [0.15, 0.2) is 18.2 Å². The second-order valence-corrected chi connectivity index (χ2v) is 8.46. The maximum atomic E-state index is 13.1. The number of fused-ring (bicyclic) bond motifs is 1. The number of hydrogen-bond acceptors (Lipinski definition) is 4. The lowest BCUT2D eigenvalue weighted by atomic mass is 10.0. The second kappa shape index (κ2) is 8.95. The molecule has 0 spiro atoms. The third kappa shape index (κ3) is 5.20. The summed E-state index contributed by atoms with van der Waals surface area (Å²) in [5.74, 6) is 1.35. The summed E-state index contributed by atoms with van der Waals surface area (Å²) in [7, 11) is 0. The van der Waals surface area contributed by atoms with Crippen LogP contribution in [0.1, 0.15) is 47.5 Å². The molecule has 0 unspecified atom stereocenters. The van der Waals surface area contributed by atoms with Gasteiger partial charge in [-0.05, 0) is 44.4 Å². The Morgan fingerprint density at radius 2 is 1.53 bits per heavy atom. The van der Waals surface area contributed by atoms with E-state index in [9.17, 15) is 31.1 Å². The van der Waals surface area contributed by atoms with E-state index in [2.05, 4.69) is 20.2 Å². The van der Waals surface area contributed by atoms with Gasteiger partial charge in [-0.3, -0.25) is 0 Å². The van der Waals surface area contributed by atoms with Crippen LogP contribution in [-0.2, 0) is 25.3 Å². The molecule has 12 heteroatoms. The number of hydrogen-bond donors (Lipinski definition) is 1. The molecule has 2 aromatic rings. The average Bonchev–Trinajstić information content (AvgIpc) is 2.77. The summed E-state index contributed by atoms with van der Waals surface area (Å²) in [5, 5.41) is 2.21. The van der Waals surface area contributed by atoms with Crippen LogP contribution in [0.3, 0.4) is 0 Å². The van der Waals surface area contributed by atoms with Crippen LogP contribution in [0, 0.1) is 6.92 Å². The number of rotatable bonds is 2. The standard InChI is InChI=1S/C22H23F6N5O/c1-13-29-18-5-8-33(12-17(18)19(30-13)32-6-3-2-4-7-32)20(34)31-16-10-14(21(23,24)25)9-15(11-16)22(26,27)28/h9-11H,2-8,12H2,1H3,(H,31,34). The molecule has 3 heterocycles. The fraction of sp³-hybridized carbons (Fsp3) is 0.500. The topological polar surface area (TPSA) is 61.4 Å². The molecule has 1 saturated heterocycles. The van der Waals surface area contributed by atoms with Crippen LogP contribution in [-0.4, -0.2) is 40.5 Å². The molecule has 0 bridgehead atoms. The Morgan fingerprint density at radius 3 is 2.12 bits per heavy atom. The molecule has 1 aromatic carbocycles. The Labute approximate surface area is 192 Å². The van der Waals surface area contributed by atoms with E-state index in [0.717, 1.165) is 49.4 Å². The summed E-state index contributed by atoms with van der Waals surface area (Å²) in [4.78, 5) is 25.4. The van der Waals surface area contributed by atoms with E-state index >= 15 is 0 Å². The van der Waals surface area contributed by atoms with Crippen molar-refractivity contribution >= 4 is 17.5 Å². The predicted molar refractivity (Wildman–Crippen MR) is 112 cm³/mol. The van der Waals surface area contributed by atoms with Crippen LogP contribution < -0.4 is 10.2 Å². The molecule has 1 fully saturated rings. The molecule has 4 rings (SSSR count). The van der Waals surface area contributed by atoms with Gasteiger partial charge in [0.1, 0.15) is 11.6 Å². The number of halogens is 6. The molecular weight excluding hydrogens is 464 g/mol. The fourth-order valence-corrected chi connectivity index (χ4v) is 4.29. The largest absolute Gasteiger partial charge is 0.416 e. The van der Waals surface area contributed by atoms with Gasteiger partial charge in [0.05, 0.1) is 23.4 Å². The number of aryl methyl sites for hydroxylation is 1. The van der Waals surface area contributed by atoms with Crippen molar-refractivity contribution in [2.24, 2.45) is 0 Å². The number of nitrogens with one attached hydrogen (secondary N) is 1. The van der Waals surface area contributed by atoms with Crippen LogP contribution >= 0.6 is 0 Å². The first-order chi connectivity index (χ1) is 15.9. The van der Waals surface area contributed by atoms with E-state index in [0.29, 0.717) is 24.4 Å². The van der Waals surface area contributed by atoms with E-state index in [1.807, 2.05) is 0 Å². The zero-order valence-electron chi connectivity index (χ0n) is 18.4. The molecule has 0 saturated carbocycles. The summed E-state index contributed by atoms with van der Waals surface area (Å²) < 4.78 is 78.8. The normalized spacial score (nSPS) is 16.9. The molecular formula is C22H23F6N5O. The number of nitrogens with zero attached hydrogens (tertiary/aromatic N) is 4. The van der Waals surface area contributed by atoms with E-state index in [1.165, 1.54) is 4.90 Å². The van der Waals surface area contributed by atoms with Gasteiger partial charge >= 0.3 is 18.4 Å². The van der Waals surface area contributed by atoms with Crippen molar-refractivity contribution in [1.29, 1.82) is 0 Å². The minimum absolute atomic E-state index is 0.0252. The van der Waals surface area contributed by atoms with Crippen molar-refractivity contribution in [2.75, 3.05) is 29.9 Å². The Kier molecular flexibility index (Phi) is 6.34. The number of benzene rings is 1. The zero-order chi connectivity index (χ0) is 24.7. The molecule has 0 atom stereocenters.